The lowest BCUT2D eigenvalue weighted by atomic mass is 10.3. The zero-order valence-electron chi connectivity index (χ0n) is 6.42. The maximum Gasteiger partial charge on any atom is 0.336 e. The van der Waals surface area contributed by atoms with Gasteiger partial charge in [0.1, 0.15) is 0 Å². The number of ether oxygens (including phenoxy) is 1. The van der Waals surface area contributed by atoms with Crippen molar-refractivity contribution in [3.8, 4) is 0 Å². The number of hydrogen-bond acceptors (Lipinski definition) is 4. The van der Waals surface area contributed by atoms with Crippen molar-refractivity contribution in [1.82, 2.24) is 0 Å². The predicted molar refractivity (Wildman–Crippen MR) is 42.8 cm³/mol. The van der Waals surface area contributed by atoms with Crippen LogP contribution in [-0.4, -0.2) is 16.9 Å². The first kappa shape index (κ1) is 9.78. The Hall–Kier alpha value is -0.220. The maximum atomic E-state index is 10.9. The van der Waals surface area contributed by atoms with E-state index in [1.807, 2.05) is 0 Å². The van der Waals surface area contributed by atoms with Crippen molar-refractivity contribution in [2.75, 3.05) is 0 Å². The van der Waals surface area contributed by atoms with E-state index in [9.17, 15) is 4.79 Å². The van der Waals surface area contributed by atoms with Crippen LogP contribution in [0, 0.1) is 0 Å². The van der Waals surface area contributed by atoms with Gasteiger partial charge in [-0.2, -0.15) is 0 Å². The van der Waals surface area contributed by atoms with E-state index in [0.29, 0.717) is 0 Å². The monoisotopic (exact) mass is 163 g/mol. The lowest BCUT2D eigenvalue weighted by Crippen LogP contribution is -2.41. The fourth-order valence-electron chi connectivity index (χ4n) is 0.333. The summed E-state index contributed by atoms with van der Waals surface area (Å²) in [6.45, 7) is 5.01. The molecule has 10 heavy (non-hydrogen) atoms. The Morgan fingerprint density at radius 2 is 2.10 bits per heavy atom. The van der Waals surface area contributed by atoms with Crippen LogP contribution in [0.25, 0.3) is 0 Å². The van der Waals surface area contributed by atoms with Gasteiger partial charge in [-0.25, -0.2) is 4.79 Å². The van der Waals surface area contributed by atoms with Crippen molar-refractivity contribution < 1.29 is 9.53 Å². The standard InChI is InChI=1S/C6H13NO2S/c1-4(2)9-5(8)6(3,7)10/h4,10H,7H2,1-3H3. The van der Waals surface area contributed by atoms with Crippen LogP contribution in [-0.2, 0) is 9.53 Å². The first-order valence-electron chi connectivity index (χ1n) is 3.06. The smallest absolute Gasteiger partial charge is 0.336 e. The van der Waals surface area contributed by atoms with Gasteiger partial charge in [0.25, 0.3) is 0 Å². The molecule has 2 N–H and O–H groups in total. The van der Waals surface area contributed by atoms with Crippen LogP contribution < -0.4 is 5.73 Å². The van der Waals surface area contributed by atoms with E-state index in [-0.39, 0.29) is 6.10 Å². The van der Waals surface area contributed by atoms with Gasteiger partial charge < -0.3 is 10.5 Å². The average molecular weight is 163 g/mol. The second-order valence-electron chi connectivity index (χ2n) is 2.60. The Labute approximate surface area is 66.3 Å². The highest BCUT2D eigenvalue weighted by Crippen LogP contribution is 2.08. The second kappa shape index (κ2) is 3.25. The molecular formula is C6H13NO2S. The van der Waals surface area contributed by atoms with E-state index < -0.39 is 10.8 Å². The normalized spacial score (nSPS) is 16.6. The summed E-state index contributed by atoms with van der Waals surface area (Å²) < 4.78 is 4.77. The van der Waals surface area contributed by atoms with Gasteiger partial charge in [-0.15, -0.1) is 12.6 Å². The molecule has 0 saturated heterocycles. The van der Waals surface area contributed by atoms with Crippen LogP contribution in [0.3, 0.4) is 0 Å². The molecule has 60 valence electrons. The van der Waals surface area contributed by atoms with Crippen molar-refractivity contribution in [3.63, 3.8) is 0 Å². The van der Waals surface area contributed by atoms with Crippen molar-refractivity contribution in [3.05, 3.63) is 0 Å². The Morgan fingerprint density at radius 3 is 2.20 bits per heavy atom. The molecule has 0 aliphatic carbocycles. The summed E-state index contributed by atoms with van der Waals surface area (Å²) in [6.07, 6.45) is -0.137. The average Bonchev–Trinajstić information content (AvgIpc) is 1.60. The molecule has 0 aliphatic heterocycles. The van der Waals surface area contributed by atoms with Gasteiger partial charge in [-0.1, -0.05) is 0 Å². The zero-order chi connectivity index (χ0) is 8.36. The molecule has 0 fully saturated rings. The molecule has 1 unspecified atom stereocenters. The van der Waals surface area contributed by atoms with Gasteiger partial charge in [-0.05, 0) is 20.8 Å². The topological polar surface area (TPSA) is 52.3 Å². The SMILES string of the molecule is CC(C)OC(=O)C(C)(N)S. The highest BCUT2D eigenvalue weighted by Gasteiger charge is 2.25. The van der Waals surface area contributed by atoms with Gasteiger partial charge in [-0.3, -0.25) is 0 Å². The molecule has 0 radical (unpaired) electrons. The van der Waals surface area contributed by atoms with E-state index in [1.165, 1.54) is 6.92 Å². The van der Waals surface area contributed by atoms with Gasteiger partial charge in [0.2, 0.25) is 0 Å². The lowest BCUT2D eigenvalue weighted by Gasteiger charge is -2.17. The summed E-state index contributed by atoms with van der Waals surface area (Å²) in [5.74, 6) is -0.495. The van der Waals surface area contributed by atoms with Crippen molar-refractivity contribution in [2.45, 2.75) is 31.7 Å². The summed E-state index contributed by atoms with van der Waals surface area (Å²) in [5.41, 5.74) is 5.32. The van der Waals surface area contributed by atoms with E-state index in [1.54, 1.807) is 13.8 Å². The largest absolute Gasteiger partial charge is 0.461 e. The fourth-order valence-corrected chi connectivity index (χ4v) is 0.386. The van der Waals surface area contributed by atoms with Crippen molar-refractivity contribution >= 4 is 18.6 Å². The van der Waals surface area contributed by atoms with Gasteiger partial charge in [0, 0.05) is 0 Å². The third-order valence-electron chi connectivity index (χ3n) is 0.756. The van der Waals surface area contributed by atoms with Gasteiger partial charge in [0.15, 0.2) is 4.87 Å². The number of nitrogens with two attached hydrogens (primary N) is 1. The molecule has 4 heteroatoms. The Kier molecular flexibility index (Phi) is 3.18. The first-order valence-corrected chi connectivity index (χ1v) is 3.51. The third kappa shape index (κ3) is 3.74. The molecule has 0 rings (SSSR count). The van der Waals surface area contributed by atoms with Crippen LogP contribution >= 0.6 is 12.6 Å². The Balaban J connectivity index is 3.87. The Bertz CT molecular complexity index is 128. The molecule has 0 amide bonds. The van der Waals surface area contributed by atoms with Crippen LogP contribution in [0.2, 0.25) is 0 Å². The number of rotatable bonds is 2. The second-order valence-corrected chi connectivity index (χ2v) is 3.53. The molecule has 3 nitrogen and oxygen atoms in total. The van der Waals surface area contributed by atoms with Crippen LogP contribution in [0.4, 0.5) is 0 Å². The minimum absolute atomic E-state index is 0.137. The lowest BCUT2D eigenvalue weighted by molar-refractivity contribution is -0.149. The highest BCUT2D eigenvalue weighted by molar-refractivity contribution is 7.82. The molecule has 0 aromatic rings. The highest BCUT2D eigenvalue weighted by atomic mass is 32.1. The molecular weight excluding hydrogens is 150 g/mol. The number of esters is 1. The van der Waals surface area contributed by atoms with Crippen molar-refractivity contribution in [2.24, 2.45) is 5.73 Å². The van der Waals surface area contributed by atoms with E-state index >= 15 is 0 Å². The summed E-state index contributed by atoms with van der Waals surface area (Å²) in [6, 6.07) is 0. The minimum atomic E-state index is -1.18. The predicted octanol–water partition coefficient (Wildman–Crippen LogP) is 0.543. The zero-order valence-corrected chi connectivity index (χ0v) is 7.31. The summed E-state index contributed by atoms with van der Waals surface area (Å²) >= 11 is 3.83. The molecule has 0 saturated carbocycles. The van der Waals surface area contributed by atoms with Crippen LogP contribution in [0.1, 0.15) is 20.8 Å². The number of carbonyl (C=O) groups excluding carboxylic acids is 1. The number of thiol groups is 1. The first-order chi connectivity index (χ1) is 4.34. The third-order valence-corrected chi connectivity index (χ3v) is 0.939. The van der Waals surface area contributed by atoms with Gasteiger partial charge >= 0.3 is 5.97 Å². The maximum absolute atomic E-state index is 10.9. The van der Waals surface area contributed by atoms with E-state index in [2.05, 4.69) is 12.6 Å². The molecule has 0 aromatic heterocycles. The van der Waals surface area contributed by atoms with Crippen LogP contribution in [0.15, 0.2) is 0 Å². The summed E-state index contributed by atoms with van der Waals surface area (Å²) in [5, 5.41) is 0. The minimum Gasteiger partial charge on any atom is -0.461 e. The van der Waals surface area contributed by atoms with Crippen molar-refractivity contribution in [1.29, 1.82) is 0 Å². The number of carbonyl (C=O) groups is 1. The van der Waals surface area contributed by atoms with Crippen LogP contribution in [0.5, 0.6) is 0 Å². The molecule has 0 heterocycles. The Morgan fingerprint density at radius 1 is 1.70 bits per heavy atom. The molecule has 0 spiro atoms. The molecule has 1 atom stereocenters. The fraction of sp³-hybridized carbons (Fsp3) is 0.833. The summed E-state index contributed by atoms with van der Waals surface area (Å²) in [4.78, 5) is 9.68. The molecule has 0 bridgehead atoms. The summed E-state index contributed by atoms with van der Waals surface area (Å²) in [7, 11) is 0. The number of hydrogen-bond donors (Lipinski definition) is 2. The quantitative estimate of drug-likeness (QED) is 0.355. The molecule has 0 aliphatic rings. The molecule has 0 aromatic carbocycles. The van der Waals surface area contributed by atoms with Gasteiger partial charge in [0.05, 0.1) is 6.10 Å². The van der Waals surface area contributed by atoms with E-state index in [0.717, 1.165) is 0 Å². The van der Waals surface area contributed by atoms with E-state index in [4.69, 9.17) is 10.5 Å².